The summed E-state index contributed by atoms with van der Waals surface area (Å²) in [6.07, 6.45) is 6.37. The van der Waals surface area contributed by atoms with Gasteiger partial charge in [-0.1, -0.05) is 54.6 Å². The number of aromatic nitrogens is 1. The van der Waals surface area contributed by atoms with Crippen LogP contribution in [0.4, 0.5) is 4.39 Å². The molecular formula is C32H42FN3. The third-order valence-electron chi connectivity index (χ3n) is 5.76. The Morgan fingerprint density at radius 2 is 1.78 bits per heavy atom. The van der Waals surface area contributed by atoms with Gasteiger partial charge in [0.05, 0.1) is 17.3 Å². The van der Waals surface area contributed by atoms with E-state index >= 15 is 0 Å². The first-order chi connectivity index (χ1) is 17.2. The maximum absolute atomic E-state index is 13.5. The van der Waals surface area contributed by atoms with Crippen molar-refractivity contribution >= 4 is 5.57 Å². The molecule has 0 aliphatic heterocycles. The number of nitrogens with zero attached hydrogens (tertiary/aromatic N) is 3. The number of hydrogen-bond donors (Lipinski definition) is 0. The van der Waals surface area contributed by atoms with Crippen LogP contribution in [0.2, 0.25) is 0 Å². The third-order valence-corrected chi connectivity index (χ3v) is 5.76. The van der Waals surface area contributed by atoms with Gasteiger partial charge in [-0.3, -0.25) is 4.98 Å². The van der Waals surface area contributed by atoms with Gasteiger partial charge in [0, 0.05) is 14.1 Å². The second kappa shape index (κ2) is 14.8. The number of allylic oxidation sites excluding steroid dienone is 3. The summed E-state index contributed by atoms with van der Waals surface area (Å²) < 4.78 is 13.5. The zero-order chi connectivity index (χ0) is 26.5. The van der Waals surface area contributed by atoms with Crippen LogP contribution in [0.5, 0.6) is 0 Å². The number of rotatable bonds is 9. The van der Waals surface area contributed by atoms with Crippen LogP contribution >= 0.6 is 0 Å². The molecule has 0 atom stereocenters. The third kappa shape index (κ3) is 9.24. The first-order valence-electron chi connectivity index (χ1n) is 12.4. The van der Waals surface area contributed by atoms with Crippen LogP contribution in [0.3, 0.4) is 0 Å². The van der Waals surface area contributed by atoms with Crippen LogP contribution in [0.15, 0.2) is 78.9 Å². The molecule has 0 aliphatic rings. The summed E-state index contributed by atoms with van der Waals surface area (Å²) in [5, 5.41) is 9.50. The van der Waals surface area contributed by atoms with Crippen molar-refractivity contribution in [2.24, 2.45) is 0 Å². The number of halogens is 1. The Labute approximate surface area is 219 Å². The summed E-state index contributed by atoms with van der Waals surface area (Å²) >= 11 is 0. The second-order valence-electron chi connectivity index (χ2n) is 9.41. The van der Waals surface area contributed by atoms with Gasteiger partial charge in [0.2, 0.25) is 0 Å². The van der Waals surface area contributed by atoms with E-state index in [0.717, 1.165) is 65.8 Å². The molecule has 2 aromatic carbocycles. The molecule has 0 aliphatic carbocycles. The Bertz CT molecular complexity index is 1230. The van der Waals surface area contributed by atoms with Gasteiger partial charge in [-0.25, -0.2) is 4.39 Å². The smallest absolute Gasteiger partial charge is 0.123 e. The lowest BCUT2D eigenvalue weighted by Crippen LogP contribution is -2.02. The SMILES string of the molecule is C=C(CC/C(C)=C/C)c1ccc(-c2ccccc2C#N)nc1CCCc1cccc(F)c1.CN(C)C.[HH].[HH]. The van der Waals surface area contributed by atoms with Crippen molar-refractivity contribution in [2.45, 2.75) is 46.0 Å². The second-order valence-corrected chi connectivity index (χ2v) is 9.41. The molecule has 3 nitrogen and oxygen atoms in total. The van der Waals surface area contributed by atoms with Gasteiger partial charge in [0.25, 0.3) is 0 Å². The van der Waals surface area contributed by atoms with Gasteiger partial charge >= 0.3 is 0 Å². The Morgan fingerprint density at radius 1 is 1.06 bits per heavy atom. The molecule has 0 saturated heterocycles. The molecule has 0 saturated carbocycles. The van der Waals surface area contributed by atoms with E-state index in [1.165, 1.54) is 11.6 Å². The van der Waals surface area contributed by atoms with Crippen molar-refractivity contribution in [3.63, 3.8) is 0 Å². The van der Waals surface area contributed by atoms with Crippen LogP contribution in [0.1, 0.15) is 58.3 Å². The average Bonchev–Trinajstić information content (AvgIpc) is 2.86. The summed E-state index contributed by atoms with van der Waals surface area (Å²) in [6.45, 7) is 8.52. The van der Waals surface area contributed by atoms with Gasteiger partial charge in [0.1, 0.15) is 5.82 Å². The average molecular weight is 488 g/mol. The highest BCUT2D eigenvalue weighted by Crippen LogP contribution is 2.28. The highest BCUT2D eigenvalue weighted by Gasteiger charge is 2.13. The fourth-order valence-electron chi connectivity index (χ4n) is 3.75. The maximum Gasteiger partial charge on any atom is 0.123 e. The summed E-state index contributed by atoms with van der Waals surface area (Å²) in [5.74, 6) is -0.204. The number of benzene rings is 2. The molecule has 0 spiro atoms. The number of aryl methyl sites for hydroxylation is 2. The Balaban J connectivity index is 0.00000213. The lowest BCUT2D eigenvalue weighted by atomic mass is 9.95. The normalized spacial score (nSPS) is 11.0. The highest BCUT2D eigenvalue weighted by atomic mass is 19.1. The summed E-state index contributed by atoms with van der Waals surface area (Å²) in [6, 6.07) is 20.6. The lowest BCUT2D eigenvalue weighted by molar-refractivity contribution is 0.505. The Hall–Kier alpha value is -3.55. The molecule has 3 rings (SSSR count). The minimum Gasteiger partial charge on any atom is -0.312 e. The first-order valence-corrected chi connectivity index (χ1v) is 12.4. The van der Waals surface area contributed by atoms with E-state index in [4.69, 9.17) is 4.98 Å². The molecule has 0 bridgehead atoms. The molecule has 1 heterocycles. The van der Waals surface area contributed by atoms with Gasteiger partial charge in [-0.2, -0.15) is 5.26 Å². The monoisotopic (exact) mass is 487 g/mol. The van der Waals surface area contributed by atoms with Crippen LogP contribution < -0.4 is 0 Å². The van der Waals surface area contributed by atoms with Crippen molar-refractivity contribution in [1.82, 2.24) is 9.88 Å². The topological polar surface area (TPSA) is 39.9 Å². The van der Waals surface area contributed by atoms with Gasteiger partial charge in [0.15, 0.2) is 0 Å². The predicted molar refractivity (Wildman–Crippen MR) is 154 cm³/mol. The Morgan fingerprint density at radius 3 is 2.44 bits per heavy atom. The minimum absolute atomic E-state index is 0. The van der Waals surface area contributed by atoms with E-state index in [9.17, 15) is 9.65 Å². The van der Waals surface area contributed by atoms with E-state index in [-0.39, 0.29) is 8.67 Å². The first kappa shape index (κ1) is 28.7. The lowest BCUT2D eigenvalue weighted by Gasteiger charge is -2.14. The summed E-state index contributed by atoms with van der Waals surface area (Å²) in [7, 11) is 6.00. The number of pyridine rings is 1. The van der Waals surface area contributed by atoms with Crippen LogP contribution in [-0.4, -0.2) is 31.0 Å². The minimum atomic E-state index is -0.204. The van der Waals surface area contributed by atoms with Crippen molar-refractivity contribution in [3.05, 3.63) is 107 Å². The van der Waals surface area contributed by atoms with Crippen molar-refractivity contribution in [1.29, 1.82) is 5.26 Å². The summed E-state index contributed by atoms with van der Waals surface area (Å²) in [5.41, 5.74) is 7.69. The van der Waals surface area contributed by atoms with Crippen molar-refractivity contribution in [2.75, 3.05) is 21.1 Å². The molecule has 3 aromatic rings. The quantitative estimate of drug-likeness (QED) is 0.285. The molecular weight excluding hydrogens is 445 g/mol. The molecule has 0 N–H and O–H groups in total. The predicted octanol–water partition coefficient (Wildman–Crippen LogP) is 8.36. The molecule has 1 aromatic heterocycles. The van der Waals surface area contributed by atoms with E-state index in [2.05, 4.69) is 38.6 Å². The van der Waals surface area contributed by atoms with Crippen LogP contribution in [0, 0.1) is 17.1 Å². The molecule has 36 heavy (non-hydrogen) atoms. The number of hydrogen-bond acceptors (Lipinski definition) is 3. The van der Waals surface area contributed by atoms with E-state index in [1.54, 1.807) is 12.1 Å². The molecule has 4 heteroatoms. The zero-order valence-corrected chi connectivity index (χ0v) is 22.3. The molecule has 0 radical (unpaired) electrons. The Kier molecular flexibility index (Phi) is 11.8. The molecule has 192 valence electrons. The van der Waals surface area contributed by atoms with Crippen LogP contribution in [0.25, 0.3) is 16.8 Å². The van der Waals surface area contributed by atoms with Gasteiger partial charge < -0.3 is 4.90 Å². The van der Waals surface area contributed by atoms with Crippen molar-refractivity contribution < 1.29 is 7.24 Å². The largest absolute Gasteiger partial charge is 0.312 e. The molecule has 0 fully saturated rings. The number of nitriles is 1. The van der Waals surface area contributed by atoms with E-state index < -0.39 is 0 Å². The molecule has 0 unspecified atom stereocenters. The van der Waals surface area contributed by atoms with Gasteiger partial charge in [-0.05, 0) is 108 Å². The van der Waals surface area contributed by atoms with Crippen molar-refractivity contribution in [3.8, 4) is 17.3 Å². The van der Waals surface area contributed by atoms with Gasteiger partial charge in [-0.15, -0.1) is 0 Å². The fourth-order valence-corrected chi connectivity index (χ4v) is 3.75. The zero-order valence-electron chi connectivity index (χ0n) is 22.3. The highest BCUT2D eigenvalue weighted by molar-refractivity contribution is 5.71. The fraction of sp³-hybridized carbons (Fsp3) is 0.312. The molecule has 0 amide bonds. The summed E-state index contributed by atoms with van der Waals surface area (Å²) in [4.78, 5) is 6.97. The van der Waals surface area contributed by atoms with E-state index in [1.807, 2.05) is 62.4 Å². The van der Waals surface area contributed by atoms with E-state index in [0.29, 0.717) is 5.56 Å². The maximum atomic E-state index is 13.5. The standard InChI is InChI=1S/C29H29FN2.C3H9N.2H2/c1-4-21(2)15-16-22(3)26-17-18-29(27-13-6-5-11-24(27)20-31)32-28(26)14-8-10-23-9-7-12-25(30)19-23;1-4(2)3;;/h4-7,9,11-13,17-19H,3,8,10,14-16H2,1-2H3;1-3H3;2*1H/b21-4+;;;. The van der Waals surface area contributed by atoms with Crippen LogP contribution in [-0.2, 0) is 12.8 Å².